The van der Waals surface area contributed by atoms with Gasteiger partial charge >= 0.3 is 0 Å². The number of pyridine rings is 1. The van der Waals surface area contributed by atoms with E-state index in [4.69, 9.17) is 4.98 Å². The third-order valence-electron chi connectivity index (χ3n) is 8.96. The molecule has 1 atom stereocenters. The van der Waals surface area contributed by atoms with Crippen LogP contribution in [0.5, 0.6) is 0 Å². The summed E-state index contributed by atoms with van der Waals surface area (Å²) in [5, 5.41) is 2.26. The smallest absolute Gasteiger partial charge is 0.185 e. The Balaban J connectivity index is 0.963. The number of benzene rings is 1. The molecule has 3 aromatic rings. The van der Waals surface area contributed by atoms with Gasteiger partial charge in [-0.3, -0.25) is 14.7 Å². The fourth-order valence-corrected chi connectivity index (χ4v) is 7.83. The fourth-order valence-electron chi connectivity index (χ4n) is 6.74. The number of ketones is 1. The zero-order valence-corrected chi connectivity index (χ0v) is 23.0. The summed E-state index contributed by atoms with van der Waals surface area (Å²) in [5.74, 6) is 2.40. The lowest BCUT2D eigenvalue weighted by Crippen LogP contribution is -2.34. The summed E-state index contributed by atoms with van der Waals surface area (Å²) >= 11 is 1.95. The summed E-state index contributed by atoms with van der Waals surface area (Å²) in [6.07, 6.45) is 12.5. The van der Waals surface area contributed by atoms with Gasteiger partial charge < -0.3 is 4.90 Å². The van der Waals surface area contributed by atoms with Crippen molar-refractivity contribution in [2.75, 3.05) is 31.1 Å². The number of piperidine rings is 1. The highest BCUT2D eigenvalue weighted by Gasteiger charge is 2.27. The number of rotatable bonds is 7. The standard InChI is InChI=1S/C31H40N4OS/c1-22-5-4-16-35(20-22)31-33-28-21-34(18-14-30(28)37-31)17-13-23-9-11-24(12-10-23)19-29(36)26-6-2-8-27-25(26)7-3-15-32-27/h2-3,6-8,15,22-24H,4-5,9-14,16-21H2,1H3. The van der Waals surface area contributed by atoms with E-state index in [0.29, 0.717) is 12.3 Å². The predicted octanol–water partition coefficient (Wildman–Crippen LogP) is 6.76. The molecule has 4 heterocycles. The molecule has 3 aliphatic rings. The second kappa shape index (κ2) is 11.2. The van der Waals surface area contributed by atoms with Gasteiger partial charge in [0.1, 0.15) is 0 Å². The van der Waals surface area contributed by atoms with Crippen molar-refractivity contribution in [3.05, 3.63) is 52.7 Å². The van der Waals surface area contributed by atoms with Crippen LogP contribution in [-0.2, 0) is 13.0 Å². The Morgan fingerprint density at radius 3 is 2.78 bits per heavy atom. The average Bonchev–Trinajstić information content (AvgIpc) is 3.36. The second-order valence-corrected chi connectivity index (χ2v) is 12.8. The van der Waals surface area contributed by atoms with Crippen LogP contribution in [0.25, 0.3) is 10.9 Å². The van der Waals surface area contributed by atoms with Crippen LogP contribution in [0, 0.1) is 17.8 Å². The molecule has 1 unspecified atom stereocenters. The maximum atomic E-state index is 13.1. The van der Waals surface area contributed by atoms with Crippen LogP contribution in [0.4, 0.5) is 5.13 Å². The van der Waals surface area contributed by atoms with Crippen molar-refractivity contribution < 1.29 is 4.79 Å². The van der Waals surface area contributed by atoms with Crippen LogP contribution in [0.15, 0.2) is 36.5 Å². The predicted molar refractivity (Wildman–Crippen MR) is 152 cm³/mol. The molecule has 0 radical (unpaired) electrons. The molecule has 2 aliphatic heterocycles. The van der Waals surface area contributed by atoms with E-state index in [1.165, 1.54) is 86.8 Å². The highest BCUT2D eigenvalue weighted by Crippen LogP contribution is 2.36. The average molecular weight is 517 g/mol. The number of fused-ring (bicyclic) bond motifs is 2. The zero-order chi connectivity index (χ0) is 25.2. The number of hydrogen-bond acceptors (Lipinski definition) is 6. The highest BCUT2D eigenvalue weighted by molar-refractivity contribution is 7.15. The van der Waals surface area contributed by atoms with Crippen molar-refractivity contribution in [2.24, 2.45) is 17.8 Å². The number of carbonyl (C=O) groups is 1. The monoisotopic (exact) mass is 516 g/mol. The zero-order valence-electron chi connectivity index (χ0n) is 22.2. The van der Waals surface area contributed by atoms with E-state index >= 15 is 0 Å². The second-order valence-electron chi connectivity index (χ2n) is 11.8. The first-order valence-corrected chi connectivity index (χ1v) is 15.3. The van der Waals surface area contributed by atoms with Crippen LogP contribution in [0.3, 0.4) is 0 Å². The molecule has 1 aliphatic carbocycles. The molecular weight excluding hydrogens is 476 g/mol. The number of anilines is 1. The quantitative estimate of drug-likeness (QED) is 0.325. The molecule has 6 rings (SSSR count). The van der Waals surface area contributed by atoms with Gasteiger partial charge in [-0.25, -0.2) is 4.98 Å². The normalized spacial score (nSPS) is 24.8. The van der Waals surface area contributed by atoms with Gasteiger partial charge in [-0.05, 0) is 75.0 Å². The van der Waals surface area contributed by atoms with Crippen molar-refractivity contribution in [2.45, 2.75) is 71.3 Å². The van der Waals surface area contributed by atoms with Crippen molar-refractivity contribution in [3.63, 3.8) is 0 Å². The number of nitrogens with zero attached hydrogens (tertiary/aromatic N) is 4. The molecule has 1 saturated carbocycles. The summed E-state index contributed by atoms with van der Waals surface area (Å²) < 4.78 is 0. The first kappa shape index (κ1) is 25.0. The molecule has 1 aromatic carbocycles. The molecular formula is C31H40N4OS. The Labute approximate surface area is 225 Å². The Bertz CT molecular complexity index is 1230. The SMILES string of the molecule is CC1CCCN(c2nc3c(s2)CCN(CCC2CCC(CC(=O)c4cccc5ncccc45)CC2)C3)C1. The Hall–Kier alpha value is -2.31. The highest BCUT2D eigenvalue weighted by atomic mass is 32.1. The minimum Gasteiger partial charge on any atom is -0.348 e. The number of carbonyl (C=O) groups excluding carboxylic acids is 1. The number of Topliss-reactive ketones (excluding diaryl/α,β-unsaturated/α-hetero) is 1. The van der Waals surface area contributed by atoms with Crippen LogP contribution in [0.1, 0.15) is 79.2 Å². The van der Waals surface area contributed by atoms with Gasteiger partial charge in [-0.15, -0.1) is 11.3 Å². The maximum absolute atomic E-state index is 13.1. The lowest BCUT2D eigenvalue weighted by molar-refractivity contribution is 0.0941. The molecule has 196 valence electrons. The summed E-state index contributed by atoms with van der Waals surface area (Å²) in [6, 6.07) is 9.87. The molecule has 0 spiro atoms. The van der Waals surface area contributed by atoms with E-state index < -0.39 is 0 Å². The van der Waals surface area contributed by atoms with Crippen LogP contribution in [-0.4, -0.2) is 46.8 Å². The van der Waals surface area contributed by atoms with Gasteiger partial charge in [0.2, 0.25) is 0 Å². The van der Waals surface area contributed by atoms with Crippen molar-refractivity contribution >= 4 is 33.2 Å². The fraction of sp³-hybridized carbons (Fsp3) is 0.581. The first-order chi connectivity index (χ1) is 18.1. The molecule has 0 bridgehead atoms. The van der Waals surface area contributed by atoms with E-state index in [1.807, 2.05) is 41.7 Å². The third kappa shape index (κ3) is 5.75. The number of hydrogen-bond donors (Lipinski definition) is 0. The number of aromatic nitrogens is 2. The summed E-state index contributed by atoms with van der Waals surface area (Å²) in [5.41, 5.74) is 3.10. The summed E-state index contributed by atoms with van der Waals surface area (Å²) in [7, 11) is 0. The molecule has 37 heavy (non-hydrogen) atoms. The Morgan fingerprint density at radius 1 is 1.05 bits per heavy atom. The van der Waals surface area contributed by atoms with E-state index in [2.05, 4.69) is 21.7 Å². The molecule has 2 fully saturated rings. The van der Waals surface area contributed by atoms with Crippen LogP contribution in [0.2, 0.25) is 0 Å². The first-order valence-electron chi connectivity index (χ1n) is 14.4. The van der Waals surface area contributed by atoms with Gasteiger partial charge in [0, 0.05) is 54.6 Å². The molecule has 0 N–H and O–H groups in total. The lowest BCUT2D eigenvalue weighted by atomic mass is 9.78. The molecule has 2 aromatic heterocycles. The van der Waals surface area contributed by atoms with E-state index in [0.717, 1.165) is 41.3 Å². The van der Waals surface area contributed by atoms with Gasteiger partial charge in [-0.2, -0.15) is 0 Å². The van der Waals surface area contributed by atoms with Gasteiger partial charge in [0.15, 0.2) is 10.9 Å². The molecule has 1 saturated heterocycles. The van der Waals surface area contributed by atoms with Crippen molar-refractivity contribution in [3.8, 4) is 0 Å². The van der Waals surface area contributed by atoms with E-state index in [1.54, 1.807) is 6.20 Å². The maximum Gasteiger partial charge on any atom is 0.185 e. The summed E-state index contributed by atoms with van der Waals surface area (Å²) in [4.78, 5) is 29.3. The Kier molecular flexibility index (Phi) is 7.57. The molecule has 5 nitrogen and oxygen atoms in total. The molecule has 0 amide bonds. The van der Waals surface area contributed by atoms with Crippen molar-refractivity contribution in [1.29, 1.82) is 0 Å². The third-order valence-corrected chi connectivity index (χ3v) is 10.2. The minimum absolute atomic E-state index is 0.285. The topological polar surface area (TPSA) is 49.3 Å². The van der Waals surface area contributed by atoms with Gasteiger partial charge in [0.25, 0.3) is 0 Å². The van der Waals surface area contributed by atoms with Gasteiger partial charge in [0.05, 0.1) is 11.2 Å². The minimum atomic E-state index is 0.285. The molecule has 6 heteroatoms. The van der Waals surface area contributed by atoms with Crippen LogP contribution >= 0.6 is 11.3 Å². The lowest BCUT2D eigenvalue weighted by Gasteiger charge is -2.31. The largest absolute Gasteiger partial charge is 0.348 e. The van der Waals surface area contributed by atoms with E-state index in [9.17, 15) is 4.79 Å². The van der Waals surface area contributed by atoms with Crippen LogP contribution < -0.4 is 4.90 Å². The summed E-state index contributed by atoms with van der Waals surface area (Å²) in [6.45, 7) is 8.10. The van der Waals surface area contributed by atoms with E-state index in [-0.39, 0.29) is 5.78 Å². The Morgan fingerprint density at radius 2 is 1.92 bits per heavy atom. The van der Waals surface area contributed by atoms with Crippen molar-refractivity contribution in [1.82, 2.24) is 14.9 Å². The number of thiazole rings is 1. The van der Waals surface area contributed by atoms with Gasteiger partial charge in [-0.1, -0.05) is 38.0 Å².